The van der Waals surface area contributed by atoms with Gasteiger partial charge in [0.1, 0.15) is 17.5 Å². The van der Waals surface area contributed by atoms with E-state index in [2.05, 4.69) is 10.3 Å². The number of aromatic nitrogens is 1. The molecule has 0 aliphatic heterocycles. The first kappa shape index (κ1) is 25.8. The fourth-order valence-electron chi connectivity index (χ4n) is 3.78. The fourth-order valence-corrected chi connectivity index (χ4v) is 3.78. The Labute approximate surface area is 217 Å². The number of para-hydroxylation sites is 1. The molecule has 4 aromatic rings. The summed E-state index contributed by atoms with van der Waals surface area (Å²) in [5.74, 6) is 1.13. The Morgan fingerprint density at radius 2 is 1.43 bits per heavy atom. The number of nitrogens with one attached hydrogen (secondary N) is 1. The van der Waals surface area contributed by atoms with Crippen LogP contribution in [-0.4, -0.2) is 29.3 Å². The maximum atomic E-state index is 13.2. The lowest BCUT2D eigenvalue weighted by Gasteiger charge is -2.18. The minimum Gasteiger partial charge on any atom is -0.457 e. The van der Waals surface area contributed by atoms with E-state index in [1.165, 1.54) is 0 Å². The molecule has 1 amide bonds. The molecule has 0 bridgehead atoms. The van der Waals surface area contributed by atoms with Gasteiger partial charge in [-0.2, -0.15) is 0 Å². The molecule has 0 fully saturated rings. The van der Waals surface area contributed by atoms with Crippen LogP contribution in [-0.2, 0) is 33.8 Å². The van der Waals surface area contributed by atoms with Gasteiger partial charge >= 0.3 is 0 Å². The summed E-state index contributed by atoms with van der Waals surface area (Å²) in [6.45, 7) is 0.462. The fraction of sp³-hybridized carbons (Fsp3) is 0.194. The van der Waals surface area contributed by atoms with E-state index in [1.54, 1.807) is 12.4 Å². The van der Waals surface area contributed by atoms with Gasteiger partial charge < -0.3 is 14.8 Å². The zero-order chi connectivity index (χ0) is 25.7. The van der Waals surface area contributed by atoms with Crippen molar-refractivity contribution in [3.8, 4) is 11.5 Å². The zero-order valence-corrected chi connectivity index (χ0v) is 20.6. The predicted molar refractivity (Wildman–Crippen MR) is 142 cm³/mol. The minimum atomic E-state index is -0.745. The summed E-state index contributed by atoms with van der Waals surface area (Å²) in [5.41, 5.74) is 2.81. The van der Waals surface area contributed by atoms with Crippen molar-refractivity contribution >= 4 is 11.7 Å². The number of Topliss-reactive ketones (excluding diaryl/α,β-unsaturated/α-hetero) is 1. The van der Waals surface area contributed by atoms with Crippen LogP contribution in [0.5, 0.6) is 11.5 Å². The summed E-state index contributed by atoms with van der Waals surface area (Å²) in [6, 6.07) is 29.7. The molecular weight excluding hydrogens is 464 g/mol. The third kappa shape index (κ3) is 8.70. The average molecular weight is 495 g/mol. The average Bonchev–Trinajstić information content (AvgIpc) is 2.94. The van der Waals surface area contributed by atoms with Gasteiger partial charge in [-0.3, -0.25) is 14.6 Å². The van der Waals surface area contributed by atoms with E-state index in [0.717, 1.165) is 22.4 Å². The quantitative estimate of drug-likeness (QED) is 0.272. The maximum Gasteiger partial charge on any atom is 0.220 e. The second-order valence-electron chi connectivity index (χ2n) is 8.68. The molecule has 188 valence electrons. The van der Waals surface area contributed by atoms with Crippen LogP contribution >= 0.6 is 0 Å². The highest BCUT2D eigenvalue weighted by Gasteiger charge is 2.21. The van der Waals surface area contributed by atoms with Crippen molar-refractivity contribution < 1.29 is 19.1 Å². The minimum absolute atomic E-state index is 0.0988. The predicted octanol–water partition coefficient (Wildman–Crippen LogP) is 5.32. The Balaban J connectivity index is 1.35. The lowest BCUT2D eigenvalue weighted by molar-refractivity contribution is -0.129. The Hall–Kier alpha value is -4.29. The van der Waals surface area contributed by atoms with Crippen LogP contribution in [0.4, 0.5) is 0 Å². The van der Waals surface area contributed by atoms with E-state index >= 15 is 0 Å². The molecule has 0 aliphatic rings. The second kappa shape index (κ2) is 13.7. The lowest BCUT2D eigenvalue weighted by atomic mass is 10.0. The zero-order valence-electron chi connectivity index (χ0n) is 20.6. The number of amides is 1. The van der Waals surface area contributed by atoms with E-state index in [-0.39, 0.29) is 31.1 Å². The van der Waals surface area contributed by atoms with Gasteiger partial charge in [0, 0.05) is 25.2 Å². The number of benzene rings is 3. The van der Waals surface area contributed by atoms with Crippen molar-refractivity contribution in [1.82, 2.24) is 10.3 Å². The monoisotopic (exact) mass is 494 g/mol. The number of hydrogen-bond donors (Lipinski definition) is 1. The van der Waals surface area contributed by atoms with E-state index in [0.29, 0.717) is 18.8 Å². The van der Waals surface area contributed by atoms with Crippen molar-refractivity contribution in [2.75, 3.05) is 6.61 Å². The summed E-state index contributed by atoms with van der Waals surface area (Å²) in [6.07, 6.45) is 4.43. The molecule has 0 saturated carbocycles. The van der Waals surface area contributed by atoms with E-state index in [9.17, 15) is 9.59 Å². The Morgan fingerprint density at radius 3 is 2.14 bits per heavy atom. The number of aryl methyl sites for hydroxylation is 1. The first-order valence-corrected chi connectivity index (χ1v) is 12.3. The number of hydrogen-bond acceptors (Lipinski definition) is 5. The van der Waals surface area contributed by atoms with Crippen molar-refractivity contribution in [2.24, 2.45) is 0 Å². The van der Waals surface area contributed by atoms with Crippen LogP contribution in [0.3, 0.4) is 0 Å². The standard InChI is InChI=1S/C31H30N2O4/c34-30(20-24-13-16-28(17-14-24)37-27-11-5-2-6-12-27)29(23-36-22-26-8-3-1-4-9-26)33-31(35)18-15-25-10-7-19-32-21-25/h1-14,16-17,19,21,29H,15,18,20,22-23H2,(H,33,35). The normalized spacial score (nSPS) is 11.5. The second-order valence-corrected chi connectivity index (χ2v) is 8.68. The van der Waals surface area contributed by atoms with Crippen molar-refractivity contribution in [3.63, 3.8) is 0 Å². The van der Waals surface area contributed by atoms with Gasteiger partial charge in [-0.05, 0) is 53.4 Å². The van der Waals surface area contributed by atoms with Crippen LogP contribution in [0.15, 0.2) is 109 Å². The third-order valence-electron chi connectivity index (χ3n) is 5.76. The smallest absolute Gasteiger partial charge is 0.220 e. The molecule has 1 unspecified atom stereocenters. The summed E-state index contributed by atoms with van der Waals surface area (Å²) in [7, 11) is 0. The van der Waals surface area contributed by atoms with Gasteiger partial charge in [-0.15, -0.1) is 0 Å². The van der Waals surface area contributed by atoms with Gasteiger partial charge in [0.05, 0.1) is 13.2 Å². The van der Waals surface area contributed by atoms with Crippen molar-refractivity contribution in [3.05, 3.63) is 126 Å². The first-order valence-electron chi connectivity index (χ1n) is 12.3. The number of pyridine rings is 1. The molecule has 0 radical (unpaired) electrons. The SMILES string of the molecule is O=C(CCc1cccnc1)NC(COCc1ccccc1)C(=O)Cc1ccc(Oc2ccccc2)cc1. The topological polar surface area (TPSA) is 77.5 Å². The summed E-state index contributed by atoms with van der Waals surface area (Å²) in [4.78, 5) is 30.0. The Kier molecular flexibility index (Phi) is 9.55. The molecular formula is C31H30N2O4. The van der Waals surface area contributed by atoms with Crippen LogP contribution in [0, 0.1) is 0 Å². The summed E-state index contributed by atoms with van der Waals surface area (Å²) in [5, 5.41) is 2.88. The number of nitrogens with zero attached hydrogens (tertiary/aromatic N) is 1. The molecule has 3 aromatic carbocycles. The van der Waals surface area contributed by atoms with E-state index in [4.69, 9.17) is 9.47 Å². The van der Waals surface area contributed by atoms with E-state index < -0.39 is 6.04 Å². The number of carbonyl (C=O) groups excluding carboxylic acids is 2. The number of ketones is 1. The molecule has 0 spiro atoms. The van der Waals surface area contributed by atoms with Gasteiger partial charge in [0.2, 0.25) is 5.91 Å². The van der Waals surface area contributed by atoms with Crippen molar-refractivity contribution in [2.45, 2.75) is 31.9 Å². The highest BCUT2D eigenvalue weighted by molar-refractivity contribution is 5.90. The molecule has 6 nitrogen and oxygen atoms in total. The Bertz CT molecular complexity index is 1250. The van der Waals surface area contributed by atoms with Crippen LogP contribution < -0.4 is 10.1 Å². The summed E-state index contributed by atoms with van der Waals surface area (Å²) >= 11 is 0. The van der Waals surface area contributed by atoms with Gasteiger partial charge in [0.25, 0.3) is 0 Å². The number of ether oxygens (including phenoxy) is 2. The number of carbonyl (C=O) groups is 2. The molecule has 1 N–H and O–H groups in total. The molecule has 1 heterocycles. The van der Waals surface area contributed by atoms with Crippen molar-refractivity contribution in [1.29, 1.82) is 0 Å². The van der Waals surface area contributed by atoms with Gasteiger partial charge in [-0.25, -0.2) is 0 Å². The number of rotatable bonds is 13. The molecule has 0 saturated heterocycles. The third-order valence-corrected chi connectivity index (χ3v) is 5.76. The molecule has 0 aliphatic carbocycles. The van der Waals surface area contributed by atoms with E-state index in [1.807, 2.05) is 97.1 Å². The van der Waals surface area contributed by atoms with Gasteiger partial charge in [0.15, 0.2) is 5.78 Å². The molecule has 1 atom stereocenters. The molecule has 4 rings (SSSR count). The molecule has 37 heavy (non-hydrogen) atoms. The maximum absolute atomic E-state index is 13.2. The summed E-state index contributed by atoms with van der Waals surface area (Å²) < 4.78 is 11.7. The highest BCUT2D eigenvalue weighted by Crippen LogP contribution is 2.21. The van der Waals surface area contributed by atoms with Crippen LogP contribution in [0.2, 0.25) is 0 Å². The largest absolute Gasteiger partial charge is 0.457 e. The molecule has 1 aromatic heterocycles. The van der Waals surface area contributed by atoms with Crippen LogP contribution in [0.1, 0.15) is 23.1 Å². The molecule has 6 heteroatoms. The highest BCUT2D eigenvalue weighted by atomic mass is 16.5. The Morgan fingerprint density at radius 1 is 0.757 bits per heavy atom. The lowest BCUT2D eigenvalue weighted by Crippen LogP contribution is -2.44. The van der Waals surface area contributed by atoms with Gasteiger partial charge in [-0.1, -0.05) is 66.7 Å². The van der Waals surface area contributed by atoms with Crippen LogP contribution in [0.25, 0.3) is 0 Å². The first-order chi connectivity index (χ1) is 18.2.